The molecule has 0 aromatic heterocycles. The van der Waals surface area contributed by atoms with Gasteiger partial charge in [0.2, 0.25) is 0 Å². The number of carbonyl (C=O) groups excluding carboxylic acids is 4. The Morgan fingerprint density at radius 3 is 1.21 bits per heavy atom. The van der Waals surface area contributed by atoms with Crippen LogP contribution in [0.1, 0.15) is 104 Å². The predicted molar refractivity (Wildman–Crippen MR) is 137 cm³/mol. The van der Waals surface area contributed by atoms with Crippen molar-refractivity contribution in [3.63, 3.8) is 0 Å². The summed E-state index contributed by atoms with van der Waals surface area (Å²) in [6, 6.07) is 6.80. The second-order valence-electron chi connectivity index (χ2n) is 9.90. The lowest BCUT2D eigenvalue weighted by molar-refractivity contribution is -0.328. The molecule has 0 saturated carbocycles. The van der Waals surface area contributed by atoms with E-state index in [-0.39, 0.29) is 13.2 Å². The van der Waals surface area contributed by atoms with E-state index in [1.54, 1.807) is 52.0 Å². The van der Waals surface area contributed by atoms with Gasteiger partial charge in [0.1, 0.15) is 11.2 Å². The number of esters is 2. The second-order valence-corrected chi connectivity index (χ2v) is 9.90. The van der Waals surface area contributed by atoms with Gasteiger partial charge in [0.25, 0.3) is 0 Å². The van der Waals surface area contributed by atoms with E-state index in [9.17, 15) is 19.2 Å². The Hall–Kier alpha value is -2.98. The molecule has 10 heteroatoms. The van der Waals surface area contributed by atoms with Crippen molar-refractivity contribution in [2.24, 2.45) is 0 Å². The minimum absolute atomic E-state index is 0.145. The maximum absolute atomic E-state index is 11.9. The Labute approximate surface area is 225 Å². The molecule has 0 aliphatic heterocycles. The molecule has 0 aliphatic rings. The molecular formula is C28H42O10. The highest BCUT2D eigenvalue weighted by Crippen LogP contribution is 2.30. The first-order valence-corrected chi connectivity index (χ1v) is 13.2. The molecule has 1 rings (SSSR count). The van der Waals surface area contributed by atoms with Crippen LogP contribution < -0.4 is 0 Å². The monoisotopic (exact) mass is 538 g/mol. The van der Waals surface area contributed by atoms with E-state index in [1.807, 2.05) is 0 Å². The lowest BCUT2D eigenvalue weighted by atomic mass is 9.92. The molecule has 1 aromatic carbocycles. The fraction of sp³-hybridized carbons (Fsp3) is 0.643. The number of unbranched alkanes of at least 4 members (excludes halogenated alkanes) is 6. The molecule has 0 heterocycles. The van der Waals surface area contributed by atoms with Gasteiger partial charge < -0.3 is 9.47 Å². The highest BCUT2D eigenvalue weighted by Gasteiger charge is 2.31. The lowest BCUT2D eigenvalue weighted by Crippen LogP contribution is -2.29. The first-order chi connectivity index (χ1) is 17.9. The van der Waals surface area contributed by atoms with Crippen molar-refractivity contribution in [2.75, 3.05) is 13.2 Å². The van der Waals surface area contributed by atoms with Crippen LogP contribution in [-0.2, 0) is 59.4 Å². The van der Waals surface area contributed by atoms with Crippen LogP contribution >= 0.6 is 0 Å². The zero-order valence-electron chi connectivity index (χ0n) is 23.5. The van der Waals surface area contributed by atoms with Crippen LogP contribution in [0.4, 0.5) is 0 Å². The zero-order valence-corrected chi connectivity index (χ0v) is 23.5. The van der Waals surface area contributed by atoms with Crippen LogP contribution in [0.5, 0.6) is 0 Å². The van der Waals surface area contributed by atoms with Gasteiger partial charge in [-0.05, 0) is 51.7 Å². The highest BCUT2D eigenvalue weighted by atomic mass is 17.2. The lowest BCUT2D eigenvalue weighted by Gasteiger charge is -2.26. The Morgan fingerprint density at radius 2 is 0.895 bits per heavy atom. The summed E-state index contributed by atoms with van der Waals surface area (Å²) in [6.07, 6.45) is 7.33. The number of hydrogen-bond donors (Lipinski definition) is 0. The van der Waals surface area contributed by atoms with Crippen molar-refractivity contribution in [2.45, 2.75) is 104 Å². The van der Waals surface area contributed by atoms with Crippen molar-refractivity contribution in [3.8, 4) is 0 Å². The van der Waals surface area contributed by atoms with Crippen molar-refractivity contribution in [1.29, 1.82) is 0 Å². The van der Waals surface area contributed by atoms with Crippen molar-refractivity contribution >= 4 is 23.9 Å². The molecule has 0 radical (unpaired) electrons. The van der Waals surface area contributed by atoms with Gasteiger partial charge in [-0.25, -0.2) is 19.2 Å². The van der Waals surface area contributed by atoms with Crippen LogP contribution in [0.2, 0.25) is 0 Å². The van der Waals surface area contributed by atoms with Crippen molar-refractivity contribution < 1.29 is 48.2 Å². The summed E-state index contributed by atoms with van der Waals surface area (Å²) in [5.41, 5.74) is -0.926. The van der Waals surface area contributed by atoms with Gasteiger partial charge in [-0.2, -0.15) is 9.78 Å². The molecule has 1 aromatic rings. The highest BCUT2D eigenvalue weighted by molar-refractivity contribution is 6.29. The molecule has 0 bridgehead atoms. The normalized spacial score (nSPS) is 11.5. The third kappa shape index (κ3) is 12.0. The third-order valence-electron chi connectivity index (χ3n) is 5.72. The van der Waals surface area contributed by atoms with Gasteiger partial charge in [-0.15, -0.1) is 0 Å². The van der Waals surface area contributed by atoms with E-state index in [0.29, 0.717) is 24.0 Å². The molecule has 0 fully saturated rings. The Morgan fingerprint density at radius 1 is 0.553 bits per heavy atom. The fourth-order valence-electron chi connectivity index (χ4n) is 3.23. The van der Waals surface area contributed by atoms with Gasteiger partial charge >= 0.3 is 23.9 Å². The van der Waals surface area contributed by atoms with E-state index in [1.165, 1.54) is 0 Å². The Balaban J connectivity index is 2.56. The molecule has 0 N–H and O–H groups in total. The summed E-state index contributed by atoms with van der Waals surface area (Å²) >= 11 is 0. The van der Waals surface area contributed by atoms with Crippen LogP contribution in [0, 0.1) is 0 Å². The quantitative estimate of drug-likeness (QED) is 0.0894. The van der Waals surface area contributed by atoms with Gasteiger partial charge in [0, 0.05) is 0 Å². The van der Waals surface area contributed by atoms with E-state index in [4.69, 9.17) is 29.0 Å². The van der Waals surface area contributed by atoms with Crippen molar-refractivity contribution in [1.82, 2.24) is 0 Å². The SMILES string of the molecule is CCCCCCOC(=O)C(=O)OOC(C)(C)c1ccc(C(C)(C)OOC(=O)C(=O)OCCCCCC)cc1. The largest absolute Gasteiger partial charge is 0.457 e. The average molecular weight is 539 g/mol. The van der Waals surface area contributed by atoms with Crippen LogP contribution in [-0.4, -0.2) is 37.1 Å². The summed E-state index contributed by atoms with van der Waals surface area (Å²) in [4.78, 5) is 67.2. The van der Waals surface area contributed by atoms with Crippen LogP contribution in [0.3, 0.4) is 0 Å². The summed E-state index contributed by atoms with van der Waals surface area (Å²) in [6.45, 7) is 11.0. The molecule has 0 atom stereocenters. The van der Waals surface area contributed by atoms with E-state index in [0.717, 1.165) is 38.5 Å². The Kier molecular flexibility index (Phi) is 14.6. The molecule has 0 amide bonds. The van der Waals surface area contributed by atoms with Gasteiger partial charge in [0.05, 0.1) is 13.2 Å². The number of ether oxygens (including phenoxy) is 2. The fourth-order valence-corrected chi connectivity index (χ4v) is 3.23. The molecular weight excluding hydrogens is 496 g/mol. The first kappa shape index (κ1) is 33.0. The number of carbonyl (C=O) groups is 4. The molecule has 0 unspecified atom stereocenters. The summed E-state index contributed by atoms with van der Waals surface area (Å²) in [5.74, 6) is -4.69. The standard InChI is InChI=1S/C28H42O10/c1-7-9-11-13-19-33-23(29)25(31)35-37-27(3,4)21-15-17-22(18-16-21)28(5,6)38-36-26(32)24(30)34-20-14-12-10-8-2/h15-18H,7-14,19-20H2,1-6H3. The number of benzene rings is 1. The zero-order chi connectivity index (χ0) is 28.6. The topological polar surface area (TPSA) is 124 Å². The van der Waals surface area contributed by atoms with Gasteiger partial charge in [-0.3, -0.25) is 9.78 Å². The van der Waals surface area contributed by atoms with E-state index in [2.05, 4.69) is 13.8 Å². The molecule has 0 aliphatic carbocycles. The summed E-state index contributed by atoms with van der Waals surface area (Å²) in [5, 5.41) is 0. The number of hydrogen-bond acceptors (Lipinski definition) is 10. The molecule has 0 saturated heterocycles. The third-order valence-corrected chi connectivity index (χ3v) is 5.72. The molecule has 214 valence electrons. The van der Waals surface area contributed by atoms with Crippen LogP contribution in [0.15, 0.2) is 24.3 Å². The van der Waals surface area contributed by atoms with Gasteiger partial charge in [0.15, 0.2) is 0 Å². The maximum Gasteiger partial charge on any atom is 0.449 e. The number of rotatable bonds is 16. The van der Waals surface area contributed by atoms with E-state index < -0.39 is 35.1 Å². The van der Waals surface area contributed by atoms with Crippen molar-refractivity contribution in [3.05, 3.63) is 35.4 Å². The Bertz CT molecular complexity index is 816. The van der Waals surface area contributed by atoms with E-state index >= 15 is 0 Å². The first-order valence-electron chi connectivity index (χ1n) is 13.2. The maximum atomic E-state index is 11.9. The average Bonchev–Trinajstić information content (AvgIpc) is 2.90. The molecule has 38 heavy (non-hydrogen) atoms. The minimum atomic E-state index is -1.24. The molecule has 0 spiro atoms. The molecule has 10 nitrogen and oxygen atoms in total. The summed E-state index contributed by atoms with van der Waals surface area (Å²) < 4.78 is 9.78. The minimum Gasteiger partial charge on any atom is -0.457 e. The van der Waals surface area contributed by atoms with Gasteiger partial charge in [-0.1, -0.05) is 76.6 Å². The second kappa shape index (κ2) is 16.8. The smallest absolute Gasteiger partial charge is 0.449 e. The predicted octanol–water partition coefficient (Wildman–Crippen LogP) is 5.35. The summed E-state index contributed by atoms with van der Waals surface area (Å²) in [7, 11) is 0. The van der Waals surface area contributed by atoms with Crippen LogP contribution in [0.25, 0.3) is 0 Å².